The Kier molecular flexibility index (Phi) is 33.9. The van der Waals surface area contributed by atoms with Gasteiger partial charge in [0.2, 0.25) is 11.2 Å². The van der Waals surface area contributed by atoms with Crippen molar-refractivity contribution in [3.8, 4) is 12.1 Å². The van der Waals surface area contributed by atoms with Crippen molar-refractivity contribution in [2.24, 2.45) is 5.73 Å². The monoisotopic (exact) mass is 1900 g/mol. The van der Waals surface area contributed by atoms with Gasteiger partial charge in [0.1, 0.15) is 23.3 Å². The minimum absolute atomic E-state index is 0.000527. The van der Waals surface area contributed by atoms with Gasteiger partial charge in [0.05, 0.1) is 35.6 Å². The van der Waals surface area contributed by atoms with Crippen LogP contribution in [-0.4, -0.2) is 259 Å². The van der Waals surface area contributed by atoms with Gasteiger partial charge in [-0.25, -0.2) is 34.3 Å². The van der Waals surface area contributed by atoms with E-state index in [1.807, 2.05) is 96.1 Å². The lowest BCUT2D eigenvalue weighted by molar-refractivity contribution is -0.192. The topological polar surface area (TPSA) is 495 Å². The summed E-state index contributed by atoms with van der Waals surface area (Å²) in [5.41, 5.74) is 15.5. The van der Waals surface area contributed by atoms with Gasteiger partial charge in [-0.3, -0.25) is 19.2 Å². The van der Waals surface area contributed by atoms with E-state index in [1.165, 1.54) is 55.9 Å². The van der Waals surface area contributed by atoms with Gasteiger partial charge in [-0.1, -0.05) is 56.1 Å². The van der Waals surface area contributed by atoms with E-state index in [2.05, 4.69) is 166 Å². The molecule has 4 atom stereocenters. The van der Waals surface area contributed by atoms with Crippen molar-refractivity contribution in [3.05, 3.63) is 169 Å². The third-order valence-electron chi connectivity index (χ3n) is 23.2. The molecule has 9 N–H and O–H groups in total. The van der Waals surface area contributed by atoms with E-state index in [1.54, 1.807) is 0 Å². The molecule has 10 aromatic rings. The predicted octanol–water partition coefficient (Wildman–Crippen LogP) is 11.3. The van der Waals surface area contributed by atoms with E-state index >= 15 is 0 Å². The first-order valence-corrected chi connectivity index (χ1v) is 45.3. The Labute approximate surface area is 794 Å². The number of carboxylic acid groups (broad SMARTS) is 2. The maximum atomic E-state index is 12.2. The number of alkyl carbamates (subject to hydrolysis) is 2. The highest BCUT2D eigenvalue weighted by Crippen LogP contribution is 2.41. The molecule has 0 saturated carbocycles. The number of nitrogen functional groups attached to an aromatic ring is 1. The number of nitrogens with zero attached hydrogens (tertiary/aromatic N) is 22. The van der Waals surface area contributed by atoms with E-state index in [0.717, 1.165) is 242 Å². The smallest absolute Gasteiger partial charge is 0.483 e. The molecule has 0 aliphatic carbocycles. The van der Waals surface area contributed by atoms with Crippen LogP contribution in [0.15, 0.2) is 136 Å². The molecule has 8 fully saturated rings. The molecular formula is C95H111ClF3N27O11. The summed E-state index contributed by atoms with van der Waals surface area (Å²) in [6, 6.07) is 28.5. The van der Waals surface area contributed by atoms with Gasteiger partial charge in [-0.05, 0) is 176 Å². The standard InChI is InChI=1S/C24H24N8O.C24H31N5O3.C20H28N6O2.C19H23N5O.C5H2ClN3.C2HF3O2.CH2O2/c1-2-19(33)10-16-4-5-20-21(11-16)23(31-7-3-8-31)30-29-22(20)32-9-6-18(15-32)28-24-26-13-17(12-25)14-27-24;1-5-18(30)13-16-7-8-19-20(14-16)22(28-10-6-11-28)27-26-21(19)29-12-9-17(15-29)25-23(31)32-24(2,3)4;1-20(2,3)28-19(27)22-14-7-10-26(12-14)17-15-6-5-13(21)11-16(15)18(24-23-17)25-8-4-9-25;1-2-15(25)10-13-4-5-16-17(11-13)19(23-7-3-8-23)22-21-18(16)24-9-6-14(20)12-24;6-5-8-2-4(1-7)3-9-5;3-2(4,5)1(6)7;2-1-3/h2,4-5,11,13-14,18H,1,3,6-10,15H2,(H,26,27,28);5,7-8,14,17H,1,6,9-13,15H2,2-4H3,(H,25,31);5-6,11,14H,4,7-10,12,21H2,1-3H3,(H,22,27);2,4-5,11,14H,1,3,6-10,12,20H2;2-3H;(H,6,7);1H,(H,2,3)/t18-;17-;2*14-;;;/m1111.../s1. The number of rotatable bonds is 21. The van der Waals surface area contributed by atoms with Gasteiger partial charge >= 0.3 is 24.3 Å². The van der Waals surface area contributed by atoms with Crippen molar-refractivity contribution >= 4 is 155 Å². The highest BCUT2D eigenvalue weighted by molar-refractivity contribution is 6.28. The molecule has 0 spiro atoms. The number of ketones is 3. The number of carbonyl (C=O) groups is 7. The largest absolute Gasteiger partial charge is 0.490 e. The number of benzene rings is 4. The van der Waals surface area contributed by atoms with Crippen LogP contribution in [0.5, 0.6) is 0 Å². The fourth-order valence-corrected chi connectivity index (χ4v) is 16.0. The number of aliphatic carboxylic acids is 1. The Morgan fingerprint density at radius 2 is 0.745 bits per heavy atom. The number of alkyl halides is 3. The summed E-state index contributed by atoms with van der Waals surface area (Å²) in [5.74, 6) is 4.74. The van der Waals surface area contributed by atoms with E-state index in [-0.39, 0.29) is 59.4 Å². The quantitative estimate of drug-likeness (QED) is 0.0152. The molecule has 4 aromatic carbocycles. The number of carboxylic acids is 1. The number of aromatic nitrogens is 12. The molecule has 0 radical (unpaired) electrons. The number of nitriles is 2. The number of anilines is 10. The molecule has 8 aliphatic rings. The normalized spacial score (nSPS) is 17.4. The Balaban J connectivity index is 0.000000154. The van der Waals surface area contributed by atoms with Crippen molar-refractivity contribution in [1.29, 1.82) is 10.5 Å². The predicted molar refractivity (Wildman–Crippen MR) is 517 cm³/mol. The van der Waals surface area contributed by atoms with Crippen LogP contribution in [0.1, 0.15) is 121 Å². The van der Waals surface area contributed by atoms with E-state index in [4.69, 9.17) is 62.9 Å². The zero-order chi connectivity index (χ0) is 98.4. The lowest BCUT2D eigenvalue weighted by atomic mass is 10.0. The van der Waals surface area contributed by atoms with Gasteiger partial charge in [-0.2, -0.15) is 23.7 Å². The van der Waals surface area contributed by atoms with Crippen molar-refractivity contribution in [2.75, 3.05) is 155 Å². The number of hydrogen-bond acceptors (Lipinski definition) is 34. The highest BCUT2D eigenvalue weighted by Gasteiger charge is 2.39. The molecule has 38 nitrogen and oxygen atoms in total. The highest BCUT2D eigenvalue weighted by atomic mass is 35.5. The lowest BCUT2D eigenvalue weighted by Crippen LogP contribution is -2.40. The fourth-order valence-electron chi connectivity index (χ4n) is 15.9. The number of carbonyl (C=O) groups excluding carboxylic acids is 5. The summed E-state index contributed by atoms with van der Waals surface area (Å²) in [5, 5.41) is 85.4. The molecular weight excluding hydrogens is 1790 g/mol. The zero-order valence-corrected chi connectivity index (χ0v) is 77.9. The van der Waals surface area contributed by atoms with Crippen molar-refractivity contribution in [1.82, 2.24) is 71.4 Å². The maximum absolute atomic E-state index is 12.2. The Morgan fingerprint density at radius 3 is 1.03 bits per heavy atom. The average molecular weight is 1900 g/mol. The summed E-state index contributed by atoms with van der Waals surface area (Å²) in [6.07, 6.45) is 13.2. The molecule has 137 heavy (non-hydrogen) atoms. The van der Waals surface area contributed by atoms with Crippen molar-refractivity contribution in [3.63, 3.8) is 0 Å². The molecule has 42 heteroatoms. The fraction of sp³-hybridized carbons (Fsp3) is 0.421. The molecule has 2 amide bonds. The summed E-state index contributed by atoms with van der Waals surface area (Å²) in [4.78, 5) is 110. The third kappa shape index (κ3) is 27.3. The summed E-state index contributed by atoms with van der Waals surface area (Å²) >= 11 is 5.34. The first-order chi connectivity index (χ1) is 65.5. The van der Waals surface area contributed by atoms with Crippen molar-refractivity contribution in [2.45, 2.75) is 154 Å². The number of ether oxygens (including phenoxy) is 2. The van der Waals surface area contributed by atoms with Crippen LogP contribution >= 0.6 is 11.6 Å². The molecule has 14 heterocycles. The lowest BCUT2D eigenvalue weighted by Gasteiger charge is -2.33. The Hall–Kier alpha value is -14.9. The average Bonchev–Trinajstić information content (AvgIpc) is 1.09. The molecule has 8 saturated heterocycles. The number of halogens is 4. The van der Waals surface area contributed by atoms with Crippen LogP contribution in [0.25, 0.3) is 43.1 Å². The first kappa shape index (κ1) is 101. The van der Waals surface area contributed by atoms with Crippen molar-refractivity contribution < 1.29 is 66.4 Å². The van der Waals surface area contributed by atoms with Crippen LogP contribution in [0.4, 0.5) is 80.9 Å². The van der Waals surface area contributed by atoms with E-state index < -0.39 is 29.4 Å². The Morgan fingerprint density at radius 1 is 0.460 bits per heavy atom. The van der Waals surface area contributed by atoms with Crippen LogP contribution < -0.4 is 66.6 Å². The molecule has 8 aliphatic heterocycles. The van der Waals surface area contributed by atoms with Crippen LogP contribution in [0.2, 0.25) is 5.28 Å². The first-order valence-electron chi connectivity index (χ1n) is 44.9. The van der Waals surface area contributed by atoms with Gasteiger partial charge in [-0.15, -0.1) is 40.8 Å². The second-order valence-electron chi connectivity index (χ2n) is 35.6. The molecule has 0 bridgehead atoms. The SMILES string of the molecule is C=CC(=O)Cc1ccc2c(N3CC[C@@H](N)C3)nnc(N3CCC3)c2c1.C=CC(=O)Cc1ccc2c(N3CC[C@@H](NC(=O)OC(C)(C)C)C3)nnc(N3CCC3)c2c1.C=CC(=O)Cc1ccc2c(N3CC[C@@H](Nc4ncc(C#N)cn4)C3)nnc(N3CCC3)c2c1.CC(C)(C)OC(=O)N[C@@H]1CCN(c2nnc(N3CCC3)c3cc(N)ccc23)C1.N#Cc1cnc(Cl)nc1.O=C(O)C(F)(F)F.O=CO. The summed E-state index contributed by atoms with van der Waals surface area (Å²) in [7, 11) is 0. The second kappa shape index (κ2) is 45.9. The number of nitrogens with one attached hydrogen (secondary N) is 3. The van der Waals surface area contributed by atoms with Gasteiger partial charge in [0.15, 0.2) is 63.9 Å². The number of hydrogen-bond donors (Lipinski definition) is 7. The molecule has 720 valence electrons. The molecule has 18 rings (SSSR count). The maximum Gasteiger partial charge on any atom is 0.490 e. The molecule has 6 aromatic heterocycles. The summed E-state index contributed by atoms with van der Waals surface area (Å²) in [6.45, 7) is 35.7. The second-order valence-corrected chi connectivity index (χ2v) is 36.0. The van der Waals surface area contributed by atoms with E-state index in [9.17, 15) is 37.1 Å². The van der Waals surface area contributed by atoms with Crippen LogP contribution in [0.3, 0.4) is 0 Å². The third-order valence-corrected chi connectivity index (χ3v) is 23.4. The van der Waals surface area contributed by atoms with Gasteiger partial charge < -0.3 is 86.3 Å². The minimum atomic E-state index is -5.08. The van der Waals surface area contributed by atoms with Gasteiger partial charge in [0, 0.05) is 197 Å². The number of fused-ring (bicyclic) bond motifs is 4. The number of allylic oxidation sites excluding steroid dienone is 3. The number of nitrogens with two attached hydrogens (primary N) is 2. The van der Waals surface area contributed by atoms with E-state index in [0.29, 0.717) is 49.4 Å². The summed E-state index contributed by atoms with van der Waals surface area (Å²) < 4.78 is 42.5. The zero-order valence-electron chi connectivity index (χ0n) is 77.1. The molecule has 0 unspecified atom stereocenters. The number of amides is 2. The van der Waals surface area contributed by atoms with Gasteiger partial charge in [0.25, 0.3) is 6.47 Å². The minimum Gasteiger partial charge on any atom is -0.483 e. The van der Waals surface area contributed by atoms with Crippen LogP contribution in [-0.2, 0) is 52.7 Å². The van der Waals surface area contributed by atoms with Crippen LogP contribution in [0, 0.1) is 22.7 Å². The Bertz CT molecular complexity index is 6140.